The van der Waals surface area contributed by atoms with Crippen LogP contribution in [-0.4, -0.2) is 101 Å². The topological polar surface area (TPSA) is 113 Å². The fourth-order valence-corrected chi connectivity index (χ4v) is 9.52. The third-order valence-electron chi connectivity index (χ3n) is 12.1. The average Bonchev–Trinajstić information content (AvgIpc) is 3.46. The molecule has 4 aromatic rings. The van der Waals surface area contributed by atoms with E-state index in [1.165, 1.54) is 18.3 Å². The first-order valence-corrected chi connectivity index (χ1v) is 18.8. The number of aromatic nitrogens is 3. The Bertz CT molecular complexity index is 1970. The van der Waals surface area contributed by atoms with Gasteiger partial charge in [-0.1, -0.05) is 19.4 Å². The Hall–Kier alpha value is -3.71. The van der Waals surface area contributed by atoms with E-state index < -0.39 is 17.2 Å². The third kappa shape index (κ3) is 6.45. The van der Waals surface area contributed by atoms with Crippen molar-refractivity contribution < 1.29 is 33.2 Å². The maximum absolute atomic E-state index is 17.1. The molecule has 2 saturated heterocycles. The summed E-state index contributed by atoms with van der Waals surface area (Å²) in [5.74, 6) is -0.162. The molecule has 12 heteroatoms. The molecule has 2 aromatic carbocycles. The second-order valence-electron chi connectivity index (χ2n) is 15.8. The number of likely N-dealkylation sites (tertiary alicyclic amines) is 1. The Morgan fingerprint density at radius 2 is 1.92 bits per heavy atom. The Morgan fingerprint density at radius 3 is 2.73 bits per heavy atom. The molecule has 2 aromatic heterocycles. The maximum Gasteiger partial charge on any atom is 0.319 e. The maximum atomic E-state index is 17.1. The van der Waals surface area contributed by atoms with Gasteiger partial charge >= 0.3 is 6.01 Å². The van der Waals surface area contributed by atoms with Gasteiger partial charge in [0.15, 0.2) is 5.82 Å². The van der Waals surface area contributed by atoms with Crippen LogP contribution in [0.3, 0.4) is 0 Å². The average molecular weight is 718 g/mol. The third-order valence-corrected chi connectivity index (χ3v) is 12.1. The summed E-state index contributed by atoms with van der Waals surface area (Å²) in [5.41, 5.74) is -0.588. The van der Waals surface area contributed by atoms with Crippen LogP contribution in [-0.2, 0) is 15.9 Å². The van der Waals surface area contributed by atoms with Crippen molar-refractivity contribution >= 4 is 27.5 Å². The molecular weight excluding hydrogens is 668 g/mol. The van der Waals surface area contributed by atoms with E-state index in [0.717, 1.165) is 58.0 Å². The molecule has 3 atom stereocenters. The first kappa shape index (κ1) is 35.3. The van der Waals surface area contributed by atoms with E-state index >= 15 is 8.78 Å². The van der Waals surface area contributed by atoms with E-state index in [2.05, 4.69) is 9.88 Å². The lowest BCUT2D eigenvalue weighted by molar-refractivity contribution is -0.0457. The summed E-state index contributed by atoms with van der Waals surface area (Å²) >= 11 is 0. The van der Waals surface area contributed by atoms with E-state index in [-0.39, 0.29) is 47.1 Å². The molecule has 4 aliphatic rings. The molecule has 0 amide bonds. The Morgan fingerprint density at radius 1 is 1.10 bits per heavy atom. The van der Waals surface area contributed by atoms with Crippen LogP contribution in [0, 0.1) is 23.0 Å². The number of aryl methyl sites for hydroxylation is 1. The van der Waals surface area contributed by atoms with Gasteiger partial charge in [-0.25, -0.2) is 8.78 Å². The van der Waals surface area contributed by atoms with Crippen LogP contribution in [0.15, 0.2) is 30.5 Å². The highest BCUT2D eigenvalue weighted by molar-refractivity contribution is 6.01. The van der Waals surface area contributed by atoms with Crippen molar-refractivity contribution in [2.24, 2.45) is 11.3 Å². The standard InChI is InChI=1S/C40H49F2N5O5/c1-4-28-31(41)9-8-25-17-26(48)18-29(33(25)28)35-34(42)36-30(19-43-35)37(47-13-14-51-22-39(2,49)21-47)45-38(44-36)52-23-40-10-5-7-32(40)46(12-6-11-40)20-24-15-27(16-24)50-3/h8-9,17-19,24,27,32,48-49H,4-7,10-16,20-23H2,1-3H3/t24?,27?,32-,39?,40?/m1/s1. The predicted molar refractivity (Wildman–Crippen MR) is 195 cm³/mol. The summed E-state index contributed by atoms with van der Waals surface area (Å²) in [6.45, 7) is 7.23. The molecular formula is C40H49F2N5O5. The van der Waals surface area contributed by atoms with Gasteiger partial charge in [-0.3, -0.25) is 9.88 Å². The first-order valence-electron chi connectivity index (χ1n) is 18.8. The number of hydrogen-bond donors (Lipinski definition) is 2. The number of hydrogen-bond acceptors (Lipinski definition) is 10. The van der Waals surface area contributed by atoms with Gasteiger partial charge in [-0.15, -0.1) is 0 Å². The van der Waals surface area contributed by atoms with Crippen molar-refractivity contribution in [2.45, 2.75) is 83.0 Å². The lowest BCUT2D eigenvalue weighted by Gasteiger charge is -2.48. The van der Waals surface area contributed by atoms with E-state index in [4.69, 9.17) is 24.2 Å². The van der Waals surface area contributed by atoms with E-state index in [9.17, 15) is 10.2 Å². The highest BCUT2D eigenvalue weighted by Gasteiger charge is 2.49. The van der Waals surface area contributed by atoms with Gasteiger partial charge in [0, 0.05) is 43.4 Å². The van der Waals surface area contributed by atoms with Crippen LogP contribution in [0.25, 0.3) is 32.9 Å². The summed E-state index contributed by atoms with van der Waals surface area (Å²) in [4.78, 5) is 18.7. The number of phenolic OH excluding ortho intramolecular Hbond substituents is 1. The molecule has 52 heavy (non-hydrogen) atoms. The van der Waals surface area contributed by atoms with Crippen molar-refractivity contribution in [2.75, 3.05) is 58.0 Å². The van der Waals surface area contributed by atoms with Crippen molar-refractivity contribution in [1.29, 1.82) is 0 Å². The summed E-state index contributed by atoms with van der Waals surface area (Å²) in [5, 5.41) is 23.2. The quantitative estimate of drug-likeness (QED) is 0.201. The number of fused-ring (bicyclic) bond motifs is 3. The van der Waals surface area contributed by atoms with Crippen LogP contribution in [0.2, 0.25) is 0 Å². The number of phenols is 1. The number of anilines is 1. The molecule has 0 radical (unpaired) electrons. The van der Waals surface area contributed by atoms with Gasteiger partial charge in [0.05, 0.1) is 37.9 Å². The zero-order valence-electron chi connectivity index (χ0n) is 30.3. The number of pyridine rings is 1. The largest absolute Gasteiger partial charge is 0.508 e. The molecule has 2 aliphatic heterocycles. The zero-order chi connectivity index (χ0) is 36.2. The number of ether oxygens (including phenoxy) is 3. The highest BCUT2D eigenvalue weighted by atomic mass is 19.1. The molecule has 10 nitrogen and oxygen atoms in total. The van der Waals surface area contributed by atoms with Crippen LogP contribution >= 0.6 is 0 Å². The summed E-state index contributed by atoms with van der Waals surface area (Å²) < 4.78 is 50.0. The summed E-state index contributed by atoms with van der Waals surface area (Å²) in [7, 11) is 1.80. The molecule has 8 rings (SSSR count). The molecule has 2 aliphatic carbocycles. The number of piperidine rings is 1. The second-order valence-corrected chi connectivity index (χ2v) is 15.8. The Kier molecular flexibility index (Phi) is 9.46. The van der Waals surface area contributed by atoms with Crippen molar-refractivity contribution in [1.82, 2.24) is 19.9 Å². The summed E-state index contributed by atoms with van der Waals surface area (Å²) in [6.07, 6.45) is 9.94. The van der Waals surface area contributed by atoms with Gasteiger partial charge in [0.1, 0.15) is 34.2 Å². The number of aliphatic hydroxyl groups is 1. The molecule has 278 valence electrons. The van der Waals surface area contributed by atoms with Crippen LogP contribution in [0.4, 0.5) is 14.6 Å². The van der Waals surface area contributed by atoms with Crippen molar-refractivity contribution in [3.8, 4) is 23.0 Å². The highest BCUT2D eigenvalue weighted by Crippen LogP contribution is 2.49. The lowest BCUT2D eigenvalue weighted by Crippen LogP contribution is -2.54. The number of methoxy groups -OCH3 is 1. The minimum Gasteiger partial charge on any atom is -0.508 e. The molecule has 2 N–H and O–H groups in total. The first-order chi connectivity index (χ1) is 25.1. The number of halogens is 2. The number of benzene rings is 2. The predicted octanol–water partition coefficient (Wildman–Crippen LogP) is 6.42. The monoisotopic (exact) mass is 717 g/mol. The van der Waals surface area contributed by atoms with Crippen LogP contribution in [0.1, 0.15) is 64.4 Å². The minimum absolute atomic E-state index is 0.00387. The SMILES string of the molecule is CCc1c(F)ccc2cc(O)cc(-c3ncc4c(N5CCOCC(C)(O)C5)nc(OCC56CCC[C@H]5N(CC5CC(OC)C5)CCC6)nc4c3F)c12. The van der Waals surface area contributed by atoms with Crippen LogP contribution in [0.5, 0.6) is 11.8 Å². The minimum atomic E-state index is -1.17. The zero-order valence-corrected chi connectivity index (χ0v) is 30.3. The van der Waals surface area contributed by atoms with E-state index in [1.807, 2.05) is 11.8 Å². The Balaban J connectivity index is 1.19. The molecule has 2 saturated carbocycles. The van der Waals surface area contributed by atoms with E-state index in [0.29, 0.717) is 71.8 Å². The van der Waals surface area contributed by atoms with Crippen molar-refractivity contribution in [3.05, 3.63) is 47.7 Å². The van der Waals surface area contributed by atoms with Gasteiger partial charge in [0.2, 0.25) is 0 Å². The molecule has 4 heterocycles. The molecule has 0 spiro atoms. The van der Waals surface area contributed by atoms with Crippen LogP contribution < -0.4 is 9.64 Å². The van der Waals surface area contributed by atoms with Gasteiger partial charge in [-0.05, 0) is 98.9 Å². The normalized spacial score (nSPS) is 28.2. The molecule has 4 fully saturated rings. The number of rotatable bonds is 9. The molecule has 0 bridgehead atoms. The smallest absolute Gasteiger partial charge is 0.319 e. The summed E-state index contributed by atoms with van der Waals surface area (Å²) in [6, 6.07) is 6.37. The fraction of sp³-hybridized carbons (Fsp3) is 0.575. The van der Waals surface area contributed by atoms with E-state index in [1.54, 1.807) is 26.2 Å². The Labute approximate surface area is 303 Å². The van der Waals surface area contributed by atoms with Gasteiger partial charge < -0.3 is 29.3 Å². The lowest BCUT2D eigenvalue weighted by atomic mass is 9.74. The number of aromatic hydroxyl groups is 1. The number of nitrogens with zero attached hydrogens (tertiary/aromatic N) is 5. The fourth-order valence-electron chi connectivity index (χ4n) is 9.52. The molecule has 2 unspecified atom stereocenters. The van der Waals surface area contributed by atoms with Gasteiger partial charge in [0.25, 0.3) is 0 Å². The second kappa shape index (κ2) is 13.9. The number of β-amino-alcohol motifs (C(OH)–C–C–N with tert-alkyl or cyclic N) is 1. The van der Waals surface area contributed by atoms with Crippen molar-refractivity contribution in [3.63, 3.8) is 0 Å². The van der Waals surface area contributed by atoms with Gasteiger partial charge in [-0.2, -0.15) is 9.97 Å².